The zero-order valence-corrected chi connectivity index (χ0v) is 9.59. The Labute approximate surface area is 93.0 Å². The van der Waals surface area contributed by atoms with Crippen LogP contribution < -0.4 is 0 Å². The fraction of sp³-hybridized carbons (Fsp3) is 0.750. The summed E-state index contributed by atoms with van der Waals surface area (Å²) in [5, 5.41) is 7.80. The Bertz CT molecular complexity index is 511. The van der Waals surface area contributed by atoms with E-state index in [0.29, 0.717) is 19.7 Å². The van der Waals surface area contributed by atoms with Crippen molar-refractivity contribution >= 4 is 10.0 Å². The Hall–Kier alpha value is -0.990. The molecule has 0 radical (unpaired) electrons. The van der Waals surface area contributed by atoms with Gasteiger partial charge in [-0.2, -0.15) is 4.31 Å². The minimum Gasteiger partial charge on any atom is -0.368 e. The molecule has 0 spiro atoms. The first-order chi connectivity index (χ1) is 7.55. The molecule has 0 amide bonds. The van der Waals surface area contributed by atoms with E-state index in [0.717, 1.165) is 5.69 Å². The molecule has 1 aromatic heterocycles. The highest BCUT2D eigenvalue weighted by Crippen LogP contribution is 2.30. The molecule has 2 aliphatic heterocycles. The van der Waals surface area contributed by atoms with Gasteiger partial charge in [0, 0.05) is 13.1 Å². The third kappa shape index (κ3) is 1.45. The SMILES string of the molecule is CS(=O)(=O)N1CC2OCc3cnnn3[C@@H]2C1. The molecule has 0 bridgehead atoms. The van der Waals surface area contributed by atoms with Gasteiger partial charge in [-0.05, 0) is 0 Å². The average molecular weight is 244 g/mol. The number of aromatic nitrogens is 3. The second kappa shape index (κ2) is 3.25. The van der Waals surface area contributed by atoms with Crippen LogP contribution in [0.15, 0.2) is 6.20 Å². The number of fused-ring (bicyclic) bond motifs is 3. The molecule has 88 valence electrons. The summed E-state index contributed by atoms with van der Waals surface area (Å²) < 4.78 is 31.7. The van der Waals surface area contributed by atoms with Crippen LogP contribution in [0.25, 0.3) is 0 Å². The fourth-order valence-corrected chi connectivity index (χ4v) is 3.07. The highest BCUT2D eigenvalue weighted by atomic mass is 32.2. The molecule has 7 nitrogen and oxygen atoms in total. The quantitative estimate of drug-likeness (QED) is 0.633. The van der Waals surface area contributed by atoms with E-state index in [4.69, 9.17) is 4.74 Å². The van der Waals surface area contributed by atoms with Gasteiger partial charge in [0.25, 0.3) is 0 Å². The molecule has 1 aromatic rings. The number of hydrogen-bond donors (Lipinski definition) is 0. The maximum absolute atomic E-state index is 11.5. The summed E-state index contributed by atoms with van der Waals surface area (Å²) >= 11 is 0. The molecule has 2 aliphatic rings. The Balaban J connectivity index is 1.93. The second-order valence-electron chi connectivity index (χ2n) is 4.17. The minimum absolute atomic E-state index is 0.0408. The van der Waals surface area contributed by atoms with Crippen molar-refractivity contribution in [2.24, 2.45) is 0 Å². The lowest BCUT2D eigenvalue weighted by Crippen LogP contribution is -2.32. The van der Waals surface area contributed by atoms with Gasteiger partial charge in [0.1, 0.15) is 0 Å². The molecule has 0 aliphatic carbocycles. The predicted molar refractivity (Wildman–Crippen MR) is 54.1 cm³/mol. The number of hydrogen-bond acceptors (Lipinski definition) is 5. The van der Waals surface area contributed by atoms with Crippen LogP contribution in [0.3, 0.4) is 0 Å². The summed E-state index contributed by atoms with van der Waals surface area (Å²) in [5.74, 6) is 0. The first-order valence-corrected chi connectivity index (χ1v) is 6.86. The molecular formula is C8H12N4O3S. The van der Waals surface area contributed by atoms with Crippen LogP contribution in [0.2, 0.25) is 0 Å². The second-order valence-corrected chi connectivity index (χ2v) is 6.15. The van der Waals surface area contributed by atoms with E-state index in [1.165, 1.54) is 10.6 Å². The van der Waals surface area contributed by atoms with Crippen molar-refractivity contribution in [2.45, 2.75) is 18.8 Å². The van der Waals surface area contributed by atoms with Crippen molar-refractivity contribution in [3.8, 4) is 0 Å². The fourth-order valence-electron chi connectivity index (χ4n) is 2.23. The molecule has 0 saturated carbocycles. The van der Waals surface area contributed by atoms with E-state index in [1.807, 2.05) is 0 Å². The van der Waals surface area contributed by atoms with Crippen molar-refractivity contribution in [2.75, 3.05) is 19.3 Å². The Kier molecular flexibility index (Phi) is 2.07. The van der Waals surface area contributed by atoms with E-state index in [2.05, 4.69) is 10.3 Å². The molecular weight excluding hydrogens is 232 g/mol. The Morgan fingerprint density at radius 2 is 2.31 bits per heavy atom. The van der Waals surface area contributed by atoms with Gasteiger partial charge in [0.15, 0.2) is 0 Å². The zero-order valence-electron chi connectivity index (χ0n) is 8.78. The largest absolute Gasteiger partial charge is 0.368 e. The van der Waals surface area contributed by atoms with Crippen LogP contribution in [0.1, 0.15) is 11.7 Å². The van der Waals surface area contributed by atoms with Crippen LogP contribution in [-0.2, 0) is 21.4 Å². The van der Waals surface area contributed by atoms with Crippen molar-refractivity contribution in [1.29, 1.82) is 0 Å². The third-order valence-corrected chi connectivity index (χ3v) is 4.32. The standard InChI is InChI=1S/C8H12N4O3S/c1-16(13,14)11-3-7-8(4-11)15-5-6-2-9-10-12(6)7/h2,7-8H,3-5H2,1H3/t7-,8?/m1/s1. The van der Waals surface area contributed by atoms with Crippen molar-refractivity contribution in [1.82, 2.24) is 19.3 Å². The molecule has 1 unspecified atom stereocenters. The van der Waals surface area contributed by atoms with E-state index >= 15 is 0 Å². The van der Waals surface area contributed by atoms with Gasteiger partial charge >= 0.3 is 0 Å². The number of ether oxygens (including phenoxy) is 1. The smallest absolute Gasteiger partial charge is 0.211 e. The van der Waals surface area contributed by atoms with Gasteiger partial charge in [0.05, 0.1) is 36.9 Å². The van der Waals surface area contributed by atoms with Crippen molar-refractivity contribution < 1.29 is 13.2 Å². The first-order valence-electron chi connectivity index (χ1n) is 5.01. The summed E-state index contributed by atoms with van der Waals surface area (Å²) in [6, 6.07) is -0.0408. The number of sulfonamides is 1. The van der Waals surface area contributed by atoms with E-state index in [-0.39, 0.29) is 12.1 Å². The van der Waals surface area contributed by atoms with Crippen LogP contribution >= 0.6 is 0 Å². The maximum Gasteiger partial charge on any atom is 0.211 e. The van der Waals surface area contributed by atoms with Crippen molar-refractivity contribution in [3.05, 3.63) is 11.9 Å². The van der Waals surface area contributed by atoms with E-state index < -0.39 is 10.0 Å². The lowest BCUT2D eigenvalue weighted by atomic mass is 10.2. The number of rotatable bonds is 1. The molecule has 2 atom stereocenters. The summed E-state index contributed by atoms with van der Waals surface area (Å²) in [4.78, 5) is 0. The van der Waals surface area contributed by atoms with Gasteiger partial charge in [-0.1, -0.05) is 5.21 Å². The van der Waals surface area contributed by atoms with Crippen LogP contribution in [0.4, 0.5) is 0 Å². The van der Waals surface area contributed by atoms with Crippen LogP contribution in [-0.4, -0.2) is 53.2 Å². The van der Waals surface area contributed by atoms with Gasteiger partial charge < -0.3 is 4.74 Å². The number of nitrogens with zero attached hydrogens (tertiary/aromatic N) is 4. The average Bonchev–Trinajstić information content (AvgIpc) is 2.81. The summed E-state index contributed by atoms with van der Waals surface area (Å²) in [5.41, 5.74) is 0.900. The lowest BCUT2D eigenvalue weighted by molar-refractivity contribution is -0.00389. The summed E-state index contributed by atoms with van der Waals surface area (Å²) in [6.07, 6.45) is 2.76. The van der Waals surface area contributed by atoms with Crippen molar-refractivity contribution in [3.63, 3.8) is 0 Å². The monoisotopic (exact) mass is 244 g/mol. The molecule has 0 aromatic carbocycles. The minimum atomic E-state index is -3.15. The first kappa shape index (κ1) is 10.2. The van der Waals surface area contributed by atoms with Gasteiger partial charge in [0.2, 0.25) is 10.0 Å². The van der Waals surface area contributed by atoms with E-state index in [9.17, 15) is 8.42 Å². The normalized spacial score (nSPS) is 30.1. The van der Waals surface area contributed by atoms with Crippen LogP contribution in [0.5, 0.6) is 0 Å². The van der Waals surface area contributed by atoms with Crippen LogP contribution in [0, 0.1) is 0 Å². The Morgan fingerprint density at radius 1 is 1.50 bits per heavy atom. The molecule has 16 heavy (non-hydrogen) atoms. The highest BCUT2D eigenvalue weighted by molar-refractivity contribution is 7.88. The topological polar surface area (TPSA) is 77.3 Å². The summed E-state index contributed by atoms with van der Waals surface area (Å²) in [6.45, 7) is 1.27. The van der Waals surface area contributed by atoms with Gasteiger partial charge in [-0.15, -0.1) is 5.10 Å². The zero-order chi connectivity index (χ0) is 11.3. The predicted octanol–water partition coefficient (Wildman–Crippen LogP) is -1.01. The molecule has 0 N–H and O–H groups in total. The van der Waals surface area contributed by atoms with E-state index in [1.54, 1.807) is 10.9 Å². The highest BCUT2D eigenvalue weighted by Gasteiger charge is 2.42. The van der Waals surface area contributed by atoms with Gasteiger partial charge in [-0.25, -0.2) is 13.1 Å². The lowest BCUT2D eigenvalue weighted by Gasteiger charge is -2.25. The molecule has 3 rings (SSSR count). The molecule has 1 fully saturated rings. The van der Waals surface area contributed by atoms with Gasteiger partial charge in [-0.3, -0.25) is 0 Å². The maximum atomic E-state index is 11.5. The molecule has 3 heterocycles. The summed E-state index contributed by atoms with van der Waals surface area (Å²) in [7, 11) is -3.15. The molecule has 1 saturated heterocycles. The molecule has 8 heteroatoms. The Morgan fingerprint density at radius 3 is 3.06 bits per heavy atom. The third-order valence-electron chi connectivity index (χ3n) is 3.08.